The van der Waals surface area contributed by atoms with Crippen molar-refractivity contribution in [3.63, 3.8) is 0 Å². The van der Waals surface area contributed by atoms with E-state index < -0.39 is 75.8 Å². The van der Waals surface area contributed by atoms with Crippen molar-refractivity contribution in [2.45, 2.75) is 67.3 Å². The van der Waals surface area contributed by atoms with E-state index in [2.05, 4.69) is 57.7 Å². The smallest absolute Gasteiger partial charge is 0.322 e. The second-order valence-corrected chi connectivity index (χ2v) is 19.9. The van der Waals surface area contributed by atoms with Crippen LogP contribution in [0.3, 0.4) is 0 Å². The highest BCUT2D eigenvalue weighted by Crippen LogP contribution is 2.50. The van der Waals surface area contributed by atoms with Crippen molar-refractivity contribution in [2.24, 2.45) is 5.92 Å². The van der Waals surface area contributed by atoms with Gasteiger partial charge in [-0.15, -0.1) is 23.5 Å². The molecule has 0 aliphatic rings. The first-order chi connectivity index (χ1) is 34.3. The SMILES string of the molecule is CC(NC(=O)CC(O)C=CCCSC(c1ccccc1)(c1ccccc1)c1ccccc1)C(=O)NC(CSC(c1ccccc1)(c1ccccc1)c1ccccc1)C(=O)NC(C(=O)NCC(=O)O)C(C)C. The molecular formula is C58H62N4O7S2. The first kappa shape index (κ1) is 53.4. The van der Waals surface area contributed by atoms with Gasteiger partial charge in [-0.05, 0) is 58.4 Å². The van der Waals surface area contributed by atoms with Gasteiger partial charge in [-0.1, -0.05) is 208 Å². The van der Waals surface area contributed by atoms with Crippen LogP contribution in [0.1, 0.15) is 67.0 Å². The number of rotatable bonds is 25. The maximum absolute atomic E-state index is 14.4. The largest absolute Gasteiger partial charge is 0.480 e. The van der Waals surface area contributed by atoms with Crippen LogP contribution < -0.4 is 21.3 Å². The van der Waals surface area contributed by atoms with E-state index in [9.17, 15) is 34.2 Å². The molecule has 368 valence electrons. The van der Waals surface area contributed by atoms with E-state index in [0.29, 0.717) is 12.2 Å². The van der Waals surface area contributed by atoms with E-state index in [1.165, 1.54) is 18.7 Å². The molecule has 0 aromatic heterocycles. The van der Waals surface area contributed by atoms with Crippen LogP contribution in [0.2, 0.25) is 0 Å². The molecule has 0 fully saturated rings. The molecule has 0 aliphatic heterocycles. The minimum Gasteiger partial charge on any atom is -0.480 e. The van der Waals surface area contributed by atoms with Gasteiger partial charge in [0.2, 0.25) is 23.6 Å². The van der Waals surface area contributed by atoms with Gasteiger partial charge in [0.05, 0.1) is 22.0 Å². The number of aliphatic carboxylic acids is 1. The summed E-state index contributed by atoms with van der Waals surface area (Å²) in [5.74, 6) is -3.59. The van der Waals surface area contributed by atoms with E-state index in [1.807, 2.05) is 152 Å². The molecule has 13 heteroatoms. The number of hydrogen-bond acceptors (Lipinski definition) is 8. The predicted octanol–water partition coefficient (Wildman–Crippen LogP) is 8.47. The summed E-state index contributed by atoms with van der Waals surface area (Å²) in [4.78, 5) is 66.3. The second-order valence-electron chi connectivity index (χ2n) is 17.4. The van der Waals surface area contributed by atoms with Crippen molar-refractivity contribution in [3.05, 3.63) is 228 Å². The van der Waals surface area contributed by atoms with E-state index in [4.69, 9.17) is 0 Å². The number of amides is 4. The van der Waals surface area contributed by atoms with Gasteiger partial charge in [0, 0.05) is 5.75 Å². The minimum absolute atomic E-state index is 0.00342. The Kier molecular flexibility index (Phi) is 19.8. The molecule has 6 N–H and O–H groups in total. The molecule has 4 amide bonds. The first-order valence-corrected chi connectivity index (χ1v) is 25.7. The van der Waals surface area contributed by atoms with Gasteiger partial charge in [-0.3, -0.25) is 24.0 Å². The van der Waals surface area contributed by atoms with Gasteiger partial charge in [-0.2, -0.15) is 0 Å². The van der Waals surface area contributed by atoms with Crippen molar-refractivity contribution in [1.29, 1.82) is 0 Å². The van der Waals surface area contributed by atoms with Gasteiger partial charge in [-0.25, -0.2) is 0 Å². The maximum atomic E-state index is 14.4. The average Bonchev–Trinajstić information content (AvgIpc) is 3.39. The number of aliphatic hydroxyl groups is 1. The average molecular weight is 991 g/mol. The van der Waals surface area contributed by atoms with Crippen LogP contribution in [0.5, 0.6) is 0 Å². The van der Waals surface area contributed by atoms with Gasteiger partial charge >= 0.3 is 5.97 Å². The third-order valence-electron chi connectivity index (χ3n) is 12.0. The predicted molar refractivity (Wildman–Crippen MR) is 285 cm³/mol. The lowest BCUT2D eigenvalue weighted by Crippen LogP contribution is -2.58. The normalized spacial score (nSPS) is 13.4. The molecule has 0 saturated heterocycles. The van der Waals surface area contributed by atoms with Crippen molar-refractivity contribution >= 4 is 53.1 Å². The summed E-state index contributed by atoms with van der Waals surface area (Å²) in [6, 6.07) is 57.1. The van der Waals surface area contributed by atoms with Crippen LogP contribution in [0.4, 0.5) is 0 Å². The van der Waals surface area contributed by atoms with Crippen molar-refractivity contribution in [2.75, 3.05) is 18.1 Å². The van der Waals surface area contributed by atoms with Gasteiger partial charge < -0.3 is 31.5 Å². The quantitative estimate of drug-likeness (QED) is 0.0187. The number of carboxylic acids is 1. The van der Waals surface area contributed by atoms with Crippen LogP contribution in [0, 0.1) is 5.92 Å². The highest BCUT2D eigenvalue weighted by molar-refractivity contribution is 8.00. The fraction of sp³-hybridized carbons (Fsp3) is 0.259. The fourth-order valence-corrected chi connectivity index (χ4v) is 11.5. The monoisotopic (exact) mass is 990 g/mol. The molecule has 6 aromatic rings. The van der Waals surface area contributed by atoms with Crippen molar-refractivity contribution in [3.8, 4) is 0 Å². The number of aliphatic hydroxyl groups excluding tert-OH is 1. The molecule has 6 rings (SSSR count). The molecule has 6 aromatic carbocycles. The molecule has 4 atom stereocenters. The zero-order valence-electron chi connectivity index (χ0n) is 40.1. The summed E-state index contributed by atoms with van der Waals surface area (Å²) in [5.41, 5.74) is 6.21. The summed E-state index contributed by atoms with van der Waals surface area (Å²) in [6.45, 7) is 4.29. The second kappa shape index (κ2) is 26.3. The number of hydrogen-bond donors (Lipinski definition) is 6. The van der Waals surface area contributed by atoms with Gasteiger partial charge in [0.25, 0.3) is 0 Å². The summed E-state index contributed by atoms with van der Waals surface area (Å²) in [6.07, 6.45) is 2.62. The number of thioether (sulfide) groups is 2. The Hall–Kier alpha value is -6.93. The Morgan fingerprint density at radius 1 is 0.535 bits per heavy atom. The number of carboxylic acid groups (broad SMARTS) is 1. The Labute approximate surface area is 425 Å². The number of carbonyl (C=O) groups is 5. The van der Waals surface area contributed by atoms with Crippen LogP contribution in [0.15, 0.2) is 194 Å². The molecule has 0 heterocycles. The molecule has 0 spiro atoms. The van der Waals surface area contributed by atoms with Crippen LogP contribution in [0.25, 0.3) is 0 Å². The molecule has 0 bridgehead atoms. The lowest BCUT2D eigenvalue weighted by Gasteiger charge is -2.37. The Morgan fingerprint density at radius 3 is 1.31 bits per heavy atom. The third kappa shape index (κ3) is 14.1. The summed E-state index contributed by atoms with van der Waals surface area (Å²) in [5, 5.41) is 30.8. The summed E-state index contributed by atoms with van der Waals surface area (Å²) < 4.78 is -1.37. The summed E-state index contributed by atoms with van der Waals surface area (Å²) in [7, 11) is 0. The molecule has 11 nitrogen and oxygen atoms in total. The number of nitrogens with one attached hydrogen (secondary N) is 4. The zero-order chi connectivity index (χ0) is 50.6. The number of allylic oxidation sites excluding steroid dienone is 1. The lowest BCUT2D eigenvalue weighted by molar-refractivity contribution is -0.138. The van der Waals surface area contributed by atoms with Crippen molar-refractivity contribution in [1.82, 2.24) is 21.3 Å². The minimum atomic E-state index is -1.24. The molecule has 0 radical (unpaired) electrons. The van der Waals surface area contributed by atoms with E-state index >= 15 is 0 Å². The zero-order valence-corrected chi connectivity index (χ0v) is 41.8. The maximum Gasteiger partial charge on any atom is 0.322 e. The van der Waals surface area contributed by atoms with Crippen LogP contribution >= 0.6 is 23.5 Å². The van der Waals surface area contributed by atoms with Crippen molar-refractivity contribution < 1.29 is 34.2 Å². The topological polar surface area (TPSA) is 174 Å². The summed E-state index contributed by atoms with van der Waals surface area (Å²) >= 11 is 3.22. The Morgan fingerprint density at radius 2 is 0.930 bits per heavy atom. The van der Waals surface area contributed by atoms with Gasteiger partial charge in [0.1, 0.15) is 24.7 Å². The highest BCUT2D eigenvalue weighted by Gasteiger charge is 2.40. The number of carbonyl (C=O) groups excluding carboxylic acids is 4. The number of benzene rings is 6. The van der Waals surface area contributed by atoms with Crippen LogP contribution in [-0.4, -0.2) is 82.1 Å². The molecule has 0 aliphatic carbocycles. The third-order valence-corrected chi connectivity index (χ3v) is 15.2. The van der Waals surface area contributed by atoms with Gasteiger partial charge in [0.15, 0.2) is 0 Å². The Bertz CT molecular complexity index is 2470. The molecule has 71 heavy (non-hydrogen) atoms. The molecule has 4 unspecified atom stereocenters. The molecule has 0 saturated carbocycles. The Balaban J connectivity index is 1.15. The lowest BCUT2D eigenvalue weighted by atomic mass is 9.84. The molecular weight excluding hydrogens is 929 g/mol. The first-order valence-electron chi connectivity index (χ1n) is 23.7. The van der Waals surface area contributed by atoms with Crippen LogP contribution in [-0.2, 0) is 33.5 Å². The fourth-order valence-electron chi connectivity index (χ4n) is 8.44. The highest BCUT2D eigenvalue weighted by atomic mass is 32.2. The van der Waals surface area contributed by atoms with E-state index in [1.54, 1.807) is 31.7 Å². The van der Waals surface area contributed by atoms with E-state index in [-0.39, 0.29) is 12.2 Å². The standard InChI is InChI=1S/C58H62N4O7S2/c1-41(2)53(56(69)59-39-52(65)66)62-55(68)50(40-71-58(46-30-16-7-17-31-46,47-32-18-8-19-33-47)48-34-20-9-21-35-48)61-54(67)42(3)60-51(64)38-49(63)36-22-23-37-70-57(43-24-10-4-11-25-43,44-26-12-5-13-27-44)45-28-14-6-15-29-45/h4-22,24-36,41-42,49-50,53,63H,23,37-40H2,1-3H3,(H,59,69)(H,60,64)(H,61,67)(H,62,68)(H,65,66). The van der Waals surface area contributed by atoms with E-state index in [0.717, 1.165) is 33.4 Å².